The molecule has 2 aromatic rings. The molecule has 4 nitrogen and oxygen atoms in total. The van der Waals surface area contributed by atoms with Gasteiger partial charge in [-0.2, -0.15) is 0 Å². The Morgan fingerprint density at radius 1 is 1.13 bits per heavy atom. The summed E-state index contributed by atoms with van der Waals surface area (Å²) in [4.78, 5) is 15.3. The van der Waals surface area contributed by atoms with Crippen molar-refractivity contribution in [2.75, 3.05) is 13.2 Å². The van der Waals surface area contributed by atoms with Crippen molar-refractivity contribution in [3.05, 3.63) is 71.8 Å². The second kappa shape index (κ2) is 9.05. The zero-order chi connectivity index (χ0) is 21.0. The molecular formula is C26H31NO3. The number of aliphatic hydroxyl groups is 1. The smallest absolute Gasteiger partial charge is 0.247 e. The van der Waals surface area contributed by atoms with Crippen LogP contribution in [0, 0.1) is 5.92 Å². The Hall–Kier alpha value is -2.59. The van der Waals surface area contributed by atoms with Crippen molar-refractivity contribution in [2.45, 2.75) is 50.7 Å². The fourth-order valence-corrected chi connectivity index (χ4v) is 5.15. The topological polar surface area (TPSA) is 49.8 Å². The number of hydrogen-bond acceptors (Lipinski definition) is 3. The van der Waals surface area contributed by atoms with Gasteiger partial charge in [0.2, 0.25) is 5.91 Å². The maximum atomic E-state index is 13.3. The predicted molar refractivity (Wildman–Crippen MR) is 119 cm³/mol. The van der Waals surface area contributed by atoms with Crippen molar-refractivity contribution in [1.29, 1.82) is 0 Å². The molecule has 1 saturated heterocycles. The van der Waals surface area contributed by atoms with E-state index in [1.165, 1.54) is 0 Å². The third-order valence-electron chi connectivity index (χ3n) is 6.61. The minimum Gasteiger partial charge on any atom is -0.494 e. The fraction of sp³-hybridized carbons (Fsp3) is 0.423. The Kier molecular flexibility index (Phi) is 6.24. The van der Waals surface area contributed by atoms with Gasteiger partial charge in [0.05, 0.1) is 18.2 Å². The number of carbonyl (C=O) groups is 1. The van der Waals surface area contributed by atoms with Crippen LogP contribution in [0.25, 0.3) is 6.08 Å². The monoisotopic (exact) mass is 405 g/mol. The van der Waals surface area contributed by atoms with Crippen LogP contribution in [0.2, 0.25) is 0 Å². The summed E-state index contributed by atoms with van der Waals surface area (Å²) in [6.45, 7) is 3.09. The number of carbonyl (C=O) groups excluding carboxylic acids is 1. The first-order chi connectivity index (χ1) is 14.6. The van der Waals surface area contributed by atoms with Crippen molar-refractivity contribution in [3.8, 4) is 5.75 Å². The highest BCUT2D eigenvalue weighted by Gasteiger charge is 2.50. The van der Waals surface area contributed by atoms with Gasteiger partial charge in [-0.05, 0) is 43.9 Å². The number of likely N-dealkylation sites (tertiary alicyclic amines) is 1. The molecule has 0 spiro atoms. The van der Waals surface area contributed by atoms with Crippen molar-refractivity contribution < 1.29 is 14.6 Å². The molecule has 1 heterocycles. The molecule has 2 aliphatic rings. The average molecular weight is 406 g/mol. The number of fused-ring (bicyclic) bond motifs is 1. The fourth-order valence-electron chi connectivity index (χ4n) is 5.15. The molecular weight excluding hydrogens is 374 g/mol. The number of amides is 1. The van der Waals surface area contributed by atoms with E-state index in [-0.39, 0.29) is 17.9 Å². The molecule has 3 atom stereocenters. The first kappa shape index (κ1) is 20.7. The zero-order valence-corrected chi connectivity index (χ0v) is 17.7. The quantitative estimate of drug-likeness (QED) is 0.713. The highest BCUT2D eigenvalue weighted by molar-refractivity contribution is 5.92. The largest absolute Gasteiger partial charge is 0.494 e. The van der Waals surface area contributed by atoms with Gasteiger partial charge in [0.1, 0.15) is 5.75 Å². The third kappa shape index (κ3) is 4.15. The average Bonchev–Trinajstić information content (AvgIpc) is 2.78. The minimum atomic E-state index is -0.706. The number of para-hydroxylation sites is 1. The lowest BCUT2D eigenvalue weighted by Crippen LogP contribution is -2.56. The van der Waals surface area contributed by atoms with Crippen LogP contribution in [0.4, 0.5) is 0 Å². The van der Waals surface area contributed by atoms with E-state index in [2.05, 4.69) is 6.07 Å². The van der Waals surface area contributed by atoms with Gasteiger partial charge in [0.25, 0.3) is 0 Å². The van der Waals surface area contributed by atoms with Gasteiger partial charge in [0, 0.05) is 24.1 Å². The summed E-state index contributed by atoms with van der Waals surface area (Å²) in [7, 11) is 0. The van der Waals surface area contributed by atoms with E-state index >= 15 is 0 Å². The van der Waals surface area contributed by atoms with Crippen LogP contribution in [-0.2, 0) is 4.79 Å². The highest BCUT2D eigenvalue weighted by Crippen LogP contribution is 2.50. The number of benzene rings is 2. The van der Waals surface area contributed by atoms with Crippen LogP contribution in [0.3, 0.4) is 0 Å². The van der Waals surface area contributed by atoms with Gasteiger partial charge in [-0.1, -0.05) is 61.4 Å². The van der Waals surface area contributed by atoms with Crippen LogP contribution in [0.1, 0.15) is 56.2 Å². The van der Waals surface area contributed by atoms with Crippen molar-refractivity contribution in [1.82, 2.24) is 4.90 Å². The van der Waals surface area contributed by atoms with E-state index in [0.717, 1.165) is 42.6 Å². The first-order valence-corrected chi connectivity index (χ1v) is 11.1. The lowest BCUT2D eigenvalue weighted by Gasteiger charge is -2.52. The molecule has 0 aromatic heterocycles. The lowest BCUT2D eigenvalue weighted by molar-refractivity contribution is -0.151. The molecule has 30 heavy (non-hydrogen) atoms. The molecule has 0 unspecified atom stereocenters. The number of rotatable bonds is 5. The number of hydrogen-bond donors (Lipinski definition) is 1. The number of piperidine rings is 1. The van der Waals surface area contributed by atoms with E-state index in [1.807, 2.05) is 66.4 Å². The van der Waals surface area contributed by atoms with E-state index in [1.54, 1.807) is 6.08 Å². The molecule has 158 valence electrons. The zero-order valence-electron chi connectivity index (χ0n) is 17.7. The minimum absolute atomic E-state index is 0.0113. The molecule has 1 N–H and O–H groups in total. The summed E-state index contributed by atoms with van der Waals surface area (Å²) >= 11 is 0. The lowest BCUT2D eigenvalue weighted by atomic mass is 9.66. The molecule has 2 aromatic carbocycles. The Morgan fingerprint density at radius 2 is 1.90 bits per heavy atom. The molecule has 4 rings (SSSR count). The van der Waals surface area contributed by atoms with E-state index < -0.39 is 5.60 Å². The van der Waals surface area contributed by atoms with Crippen molar-refractivity contribution in [2.24, 2.45) is 5.92 Å². The molecule has 1 aliphatic heterocycles. The van der Waals surface area contributed by atoms with Crippen molar-refractivity contribution >= 4 is 12.0 Å². The van der Waals surface area contributed by atoms with Crippen LogP contribution < -0.4 is 4.74 Å². The summed E-state index contributed by atoms with van der Waals surface area (Å²) in [5, 5.41) is 11.5. The Balaban J connectivity index is 1.70. The predicted octanol–water partition coefficient (Wildman–Crippen LogP) is 4.99. The van der Waals surface area contributed by atoms with Gasteiger partial charge < -0.3 is 14.7 Å². The van der Waals surface area contributed by atoms with Crippen LogP contribution >= 0.6 is 0 Å². The van der Waals surface area contributed by atoms with Crippen molar-refractivity contribution in [3.63, 3.8) is 0 Å². The summed E-state index contributed by atoms with van der Waals surface area (Å²) in [5.41, 5.74) is 1.30. The molecule has 4 heteroatoms. The SMILES string of the molecule is CCOc1ccccc1[C@@H]1[C@@H]2CCCC[C@]2(O)CCN1C(=O)C=Cc1ccccc1. The van der Waals surface area contributed by atoms with Gasteiger partial charge >= 0.3 is 0 Å². The summed E-state index contributed by atoms with van der Waals surface area (Å²) in [6, 6.07) is 17.7. The second-order valence-electron chi connectivity index (χ2n) is 8.40. The van der Waals surface area contributed by atoms with E-state index in [9.17, 15) is 9.90 Å². The summed E-state index contributed by atoms with van der Waals surface area (Å²) < 4.78 is 5.92. The van der Waals surface area contributed by atoms with Crippen LogP contribution in [0.15, 0.2) is 60.7 Å². The maximum Gasteiger partial charge on any atom is 0.247 e. The second-order valence-corrected chi connectivity index (χ2v) is 8.40. The summed E-state index contributed by atoms with van der Waals surface area (Å²) in [6.07, 6.45) is 8.04. The first-order valence-electron chi connectivity index (χ1n) is 11.1. The van der Waals surface area contributed by atoms with Crippen LogP contribution in [-0.4, -0.2) is 34.7 Å². The number of nitrogens with zero attached hydrogens (tertiary/aromatic N) is 1. The third-order valence-corrected chi connectivity index (χ3v) is 6.61. The maximum absolute atomic E-state index is 13.3. The Bertz CT molecular complexity index is 894. The normalized spacial score (nSPS) is 26.4. The molecule has 2 fully saturated rings. The molecule has 1 saturated carbocycles. The standard InChI is InChI=1S/C26H31NO3/c1-2-30-23-14-7-6-12-21(23)25-22-13-8-9-17-26(22,29)18-19-27(25)24(28)16-15-20-10-4-3-5-11-20/h3-7,10-12,14-16,22,25,29H,2,8-9,13,17-19H2,1H3/t22-,25+,26-/m0/s1. The van der Waals surface area contributed by atoms with Gasteiger partial charge in [-0.3, -0.25) is 4.79 Å². The molecule has 1 aliphatic carbocycles. The van der Waals surface area contributed by atoms with Crippen LogP contribution in [0.5, 0.6) is 5.75 Å². The molecule has 0 radical (unpaired) electrons. The Labute approximate surface area is 179 Å². The Morgan fingerprint density at radius 3 is 2.70 bits per heavy atom. The van der Waals surface area contributed by atoms with Gasteiger partial charge in [-0.25, -0.2) is 0 Å². The summed E-state index contributed by atoms with van der Waals surface area (Å²) in [5.74, 6) is 0.822. The van der Waals surface area contributed by atoms with Gasteiger partial charge in [0.15, 0.2) is 0 Å². The van der Waals surface area contributed by atoms with E-state index in [4.69, 9.17) is 4.74 Å². The van der Waals surface area contributed by atoms with E-state index in [0.29, 0.717) is 19.6 Å². The highest BCUT2D eigenvalue weighted by atomic mass is 16.5. The number of ether oxygens (including phenoxy) is 1. The molecule has 1 amide bonds. The molecule has 0 bridgehead atoms. The van der Waals surface area contributed by atoms with Gasteiger partial charge in [-0.15, -0.1) is 0 Å².